The lowest BCUT2D eigenvalue weighted by atomic mass is 9.76. The number of carboxylic acids is 1. The molecule has 0 aromatic heterocycles. The molecule has 126 valence electrons. The van der Waals surface area contributed by atoms with Crippen LogP contribution in [0.1, 0.15) is 47.7 Å². The predicted molar refractivity (Wildman–Crippen MR) is 96.3 cm³/mol. The van der Waals surface area contributed by atoms with Crippen LogP contribution in [0.15, 0.2) is 54.6 Å². The first kappa shape index (κ1) is 16.7. The molecule has 0 saturated carbocycles. The summed E-state index contributed by atoms with van der Waals surface area (Å²) in [6.45, 7) is 5.45. The molecule has 2 aromatic carbocycles. The lowest BCUT2D eigenvalue weighted by molar-refractivity contribution is 0.0697. The van der Waals surface area contributed by atoms with E-state index in [1.807, 2.05) is 12.1 Å². The minimum absolute atomic E-state index is 0.253. The van der Waals surface area contributed by atoms with Gasteiger partial charge in [-0.1, -0.05) is 49.4 Å². The summed E-state index contributed by atoms with van der Waals surface area (Å²) < 4.78 is 0. The fourth-order valence-corrected chi connectivity index (χ4v) is 3.63. The van der Waals surface area contributed by atoms with E-state index in [0.29, 0.717) is 5.56 Å². The van der Waals surface area contributed by atoms with Crippen LogP contribution in [-0.2, 0) is 12.0 Å². The smallest absolute Gasteiger partial charge is 0.335 e. The summed E-state index contributed by atoms with van der Waals surface area (Å²) in [5, 5.41) is 8.99. The first-order valence-electron chi connectivity index (χ1n) is 8.67. The Kier molecular flexibility index (Phi) is 5.00. The third kappa shape index (κ3) is 3.85. The second kappa shape index (κ2) is 7.18. The third-order valence-corrected chi connectivity index (χ3v) is 5.26. The summed E-state index contributed by atoms with van der Waals surface area (Å²) in [6, 6.07) is 18.1. The van der Waals surface area contributed by atoms with E-state index in [4.69, 9.17) is 5.11 Å². The number of likely N-dealkylation sites (tertiary alicyclic amines) is 1. The molecule has 24 heavy (non-hydrogen) atoms. The van der Waals surface area contributed by atoms with Crippen molar-refractivity contribution < 1.29 is 9.90 Å². The highest BCUT2D eigenvalue weighted by molar-refractivity contribution is 5.87. The van der Waals surface area contributed by atoms with Crippen LogP contribution in [0.3, 0.4) is 0 Å². The van der Waals surface area contributed by atoms with Crippen LogP contribution < -0.4 is 0 Å². The Bertz CT molecular complexity index is 681. The molecule has 0 radical (unpaired) electrons. The first-order chi connectivity index (χ1) is 11.6. The SMILES string of the molecule is CC1(c2ccccc2)CCCN(Cc2ccc(C(=O)O)cc2)CC1. The Balaban J connectivity index is 1.64. The standard InChI is InChI=1S/C21H25NO2/c1-21(19-6-3-2-4-7-19)12-5-14-22(15-13-21)16-17-8-10-18(11-9-17)20(23)24/h2-4,6-11H,5,12-16H2,1H3,(H,23,24). The van der Waals surface area contributed by atoms with Gasteiger partial charge < -0.3 is 5.11 Å². The van der Waals surface area contributed by atoms with Gasteiger partial charge in [0.2, 0.25) is 0 Å². The van der Waals surface area contributed by atoms with Gasteiger partial charge in [0.25, 0.3) is 0 Å². The Morgan fingerprint density at radius 3 is 2.42 bits per heavy atom. The zero-order chi connectivity index (χ0) is 17.0. The Morgan fingerprint density at radius 1 is 1.04 bits per heavy atom. The van der Waals surface area contributed by atoms with Crippen LogP contribution in [0, 0.1) is 0 Å². The molecule has 1 atom stereocenters. The number of carboxylic acid groups (broad SMARTS) is 1. The van der Waals surface area contributed by atoms with Crippen molar-refractivity contribution in [2.24, 2.45) is 0 Å². The molecular weight excluding hydrogens is 298 g/mol. The van der Waals surface area contributed by atoms with Crippen LogP contribution in [0.4, 0.5) is 0 Å². The first-order valence-corrected chi connectivity index (χ1v) is 8.67. The van der Waals surface area contributed by atoms with Crippen LogP contribution in [-0.4, -0.2) is 29.1 Å². The number of nitrogens with zero attached hydrogens (tertiary/aromatic N) is 1. The molecular formula is C21H25NO2. The lowest BCUT2D eigenvalue weighted by Gasteiger charge is -2.29. The number of rotatable bonds is 4. The monoisotopic (exact) mass is 323 g/mol. The van der Waals surface area contributed by atoms with E-state index in [1.54, 1.807) is 12.1 Å². The van der Waals surface area contributed by atoms with Crippen molar-refractivity contribution >= 4 is 5.97 Å². The van der Waals surface area contributed by atoms with E-state index in [1.165, 1.54) is 24.0 Å². The minimum atomic E-state index is -0.866. The van der Waals surface area contributed by atoms with E-state index in [9.17, 15) is 4.79 Å². The Labute approximate surface area is 143 Å². The van der Waals surface area contributed by atoms with E-state index < -0.39 is 5.97 Å². The van der Waals surface area contributed by atoms with E-state index in [0.717, 1.165) is 26.1 Å². The van der Waals surface area contributed by atoms with Gasteiger partial charge in [-0.15, -0.1) is 0 Å². The van der Waals surface area contributed by atoms with Crippen molar-refractivity contribution in [3.05, 3.63) is 71.3 Å². The third-order valence-electron chi connectivity index (χ3n) is 5.26. The van der Waals surface area contributed by atoms with Gasteiger partial charge in [0, 0.05) is 6.54 Å². The van der Waals surface area contributed by atoms with Gasteiger partial charge >= 0.3 is 5.97 Å². The highest BCUT2D eigenvalue weighted by atomic mass is 16.4. The topological polar surface area (TPSA) is 40.5 Å². The molecule has 3 nitrogen and oxygen atoms in total. The summed E-state index contributed by atoms with van der Waals surface area (Å²) in [7, 11) is 0. The van der Waals surface area contributed by atoms with E-state index >= 15 is 0 Å². The van der Waals surface area contributed by atoms with Gasteiger partial charge in [-0.05, 0) is 61.0 Å². The molecule has 0 aliphatic carbocycles. The van der Waals surface area contributed by atoms with E-state index in [-0.39, 0.29) is 5.41 Å². The summed E-state index contributed by atoms with van der Waals surface area (Å²) in [5.74, 6) is -0.866. The molecule has 1 N–H and O–H groups in total. The molecule has 3 heteroatoms. The van der Waals surface area contributed by atoms with Gasteiger partial charge in [-0.25, -0.2) is 4.79 Å². The lowest BCUT2D eigenvalue weighted by Crippen LogP contribution is -2.27. The van der Waals surface area contributed by atoms with Crippen molar-refractivity contribution in [1.82, 2.24) is 4.90 Å². The van der Waals surface area contributed by atoms with Crippen LogP contribution in [0.2, 0.25) is 0 Å². The maximum Gasteiger partial charge on any atom is 0.335 e. The van der Waals surface area contributed by atoms with Gasteiger partial charge in [0.15, 0.2) is 0 Å². The van der Waals surface area contributed by atoms with Crippen molar-refractivity contribution in [1.29, 1.82) is 0 Å². The molecule has 0 spiro atoms. The fourth-order valence-electron chi connectivity index (χ4n) is 3.63. The van der Waals surface area contributed by atoms with Gasteiger partial charge in [-0.2, -0.15) is 0 Å². The Hall–Kier alpha value is -2.13. The normalized spacial score (nSPS) is 22.0. The van der Waals surface area contributed by atoms with Crippen LogP contribution >= 0.6 is 0 Å². The highest BCUT2D eigenvalue weighted by Crippen LogP contribution is 2.35. The van der Waals surface area contributed by atoms with Crippen LogP contribution in [0.5, 0.6) is 0 Å². The molecule has 1 fully saturated rings. The summed E-state index contributed by atoms with van der Waals surface area (Å²) in [4.78, 5) is 13.4. The minimum Gasteiger partial charge on any atom is -0.478 e. The summed E-state index contributed by atoms with van der Waals surface area (Å²) in [5.41, 5.74) is 3.23. The molecule has 2 aromatic rings. The maximum absolute atomic E-state index is 10.9. The van der Waals surface area contributed by atoms with Gasteiger partial charge in [0.05, 0.1) is 5.56 Å². The number of benzene rings is 2. The summed E-state index contributed by atoms with van der Waals surface area (Å²) >= 11 is 0. The average molecular weight is 323 g/mol. The molecule has 0 amide bonds. The van der Waals surface area contributed by atoms with Crippen LogP contribution in [0.25, 0.3) is 0 Å². The van der Waals surface area contributed by atoms with Crippen molar-refractivity contribution in [2.45, 2.75) is 38.1 Å². The fraction of sp³-hybridized carbons (Fsp3) is 0.381. The molecule has 0 bridgehead atoms. The predicted octanol–water partition coefficient (Wildman–Crippen LogP) is 4.33. The largest absolute Gasteiger partial charge is 0.478 e. The molecule has 1 saturated heterocycles. The number of hydrogen-bond donors (Lipinski definition) is 1. The second-order valence-electron chi connectivity index (χ2n) is 7.06. The summed E-state index contributed by atoms with van der Waals surface area (Å²) in [6.07, 6.45) is 3.56. The molecule has 1 aliphatic heterocycles. The highest BCUT2D eigenvalue weighted by Gasteiger charge is 2.29. The second-order valence-corrected chi connectivity index (χ2v) is 7.06. The number of carbonyl (C=O) groups is 1. The zero-order valence-electron chi connectivity index (χ0n) is 14.2. The maximum atomic E-state index is 10.9. The van der Waals surface area contributed by atoms with Gasteiger partial charge in [-0.3, -0.25) is 4.90 Å². The van der Waals surface area contributed by atoms with Gasteiger partial charge in [0.1, 0.15) is 0 Å². The number of hydrogen-bond acceptors (Lipinski definition) is 2. The van der Waals surface area contributed by atoms with E-state index in [2.05, 4.69) is 42.2 Å². The Morgan fingerprint density at radius 2 is 1.75 bits per heavy atom. The zero-order valence-corrected chi connectivity index (χ0v) is 14.2. The van der Waals surface area contributed by atoms with Crippen molar-refractivity contribution in [3.63, 3.8) is 0 Å². The van der Waals surface area contributed by atoms with Crippen molar-refractivity contribution in [3.8, 4) is 0 Å². The quantitative estimate of drug-likeness (QED) is 0.910. The van der Waals surface area contributed by atoms with Crippen molar-refractivity contribution in [2.75, 3.05) is 13.1 Å². The molecule has 1 unspecified atom stereocenters. The molecule has 1 aliphatic rings. The average Bonchev–Trinajstić information content (AvgIpc) is 2.79. The molecule has 3 rings (SSSR count). The number of aromatic carboxylic acids is 1. The molecule has 1 heterocycles.